The van der Waals surface area contributed by atoms with Crippen molar-refractivity contribution in [1.29, 1.82) is 0 Å². The molecule has 0 aliphatic carbocycles. The molecule has 1 fully saturated rings. The SMILES string of the molecule is O[C@@H](CN1CCC(c2ccccc2)C(F)(F)C1)c1ccc(F)cc1F. The van der Waals surface area contributed by atoms with Gasteiger partial charge in [0.1, 0.15) is 11.6 Å². The Bertz CT molecular complexity index is 723. The molecule has 2 aromatic carbocycles. The fraction of sp³-hybridized carbons (Fsp3) is 0.368. The van der Waals surface area contributed by atoms with Gasteiger partial charge in [0.25, 0.3) is 5.92 Å². The zero-order chi connectivity index (χ0) is 18.0. The molecular weight excluding hydrogens is 334 g/mol. The quantitative estimate of drug-likeness (QED) is 0.836. The van der Waals surface area contributed by atoms with Crippen LogP contribution in [0.1, 0.15) is 29.6 Å². The lowest BCUT2D eigenvalue weighted by molar-refractivity contribution is -0.0895. The number of piperidine rings is 1. The molecule has 2 atom stereocenters. The Morgan fingerprint density at radius 2 is 1.84 bits per heavy atom. The van der Waals surface area contributed by atoms with E-state index in [-0.39, 0.29) is 18.5 Å². The topological polar surface area (TPSA) is 23.5 Å². The summed E-state index contributed by atoms with van der Waals surface area (Å²) in [4.78, 5) is 1.42. The summed E-state index contributed by atoms with van der Waals surface area (Å²) in [6.45, 7) is -0.263. The Morgan fingerprint density at radius 1 is 1.12 bits per heavy atom. The molecule has 0 spiro atoms. The molecule has 1 aliphatic heterocycles. The summed E-state index contributed by atoms with van der Waals surface area (Å²) < 4.78 is 55.8. The molecule has 0 saturated carbocycles. The summed E-state index contributed by atoms with van der Waals surface area (Å²) in [5.41, 5.74) is 0.507. The van der Waals surface area contributed by atoms with Crippen LogP contribution >= 0.6 is 0 Å². The molecule has 3 rings (SSSR count). The lowest BCUT2D eigenvalue weighted by Gasteiger charge is -2.39. The van der Waals surface area contributed by atoms with Gasteiger partial charge >= 0.3 is 0 Å². The van der Waals surface area contributed by atoms with Gasteiger partial charge in [-0.25, -0.2) is 17.6 Å². The highest BCUT2D eigenvalue weighted by atomic mass is 19.3. The highest BCUT2D eigenvalue weighted by Crippen LogP contribution is 2.40. The molecule has 25 heavy (non-hydrogen) atoms. The Hall–Kier alpha value is -1.92. The van der Waals surface area contributed by atoms with Crippen LogP contribution in [0.3, 0.4) is 0 Å². The fourth-order valence-corrected chi connectivity index (χ4v) is 3.38. The zero-order valence-corrected chi connectivity index (χ0v) is 13.5. The molecule has 0 bridgehead atoms. The average molecular weight is 353 g/mol. The minimum atomic E-state index is -2.94. The number of aliphatic hydroxyl groups excluding tert-OH is 1. The van der Waals surface area contributed by atoms with Crippen molar-refractivity contribution < 1.29 is 22.7 Å². The van der Waals surface area contributed by atoms with Crippen molar-refractivity contribution in [2.24, 2.45) is 0 Å². The molecule has 0 amide bonds. The minimum absolute atomic E-state index is 0.0881. The molecule has 0 radical (unpaired) electrons. The van der Waals surface area contributed by atoms with Crippen molar-refractivity contribution in [1.82, 2.24) is 4.90 Å². The van der Waals surface area contributed by atoms with Crippen molar-refractivity contribution in [3.63, 3.8) is 0 Å². The van der Waals surface area contributed by atoms with Crippen LogP contribution in [0, 0.1) is 11.6 Å². The van der Waals surface area contributed by atoms with E-state index in [0.717, 1.165) is 12.1 Å². The van der Waals surface area contributed by atoms with Crippen LogP contribution in [-0.2, 0) is 0 Å². The third-order valence-corrected chi connectivity index (χ3v) is 4.63. The highest BCUT2D eigenvalue weighted by molar-refractivity contribution is 5.24. The number of hydrogen-bond donors (Lipinski definition) is 1. The van der Waals surface area contributed by atoms with E-state index in [9.17, 15) is 22.7 Å². The van der Waals surface area contributed by atoms with Crippen LogP contribution in [0.4, 0.5) is 17.6 Å². The van der Waals surface area contributed by atoms with Crippen molar-refractivity contribution in [2.45, 2.75) is 24.4 Å². The molecule has 1 N–H and O–H groups in total. The number of alkyl halides is 2. The van der Waals surface area contributed by atoms with Gasteiger partial charge in [0.05, 0.1) is 18.6 Å². The van der Waals surface area contributed by atoms with Gasteiger partial charge < -0.3 is 5.11 Å². The Morgan fingerprint density at radius 3 is 2.48 bits per heavy atom. The summed E-state index contributed by atoms with van der Waals surface area (Å²) in [5.74, 6) is -5.44. The van der Waals surface area contributed by atoms with Crippen molar-refractivity contribution in [3.05, 3.63) is 71.3 Å². The number of hydrogen-bond acceptors (Lipinski definition) is 2. The third kappa shape index (κ3) is 4.02. The van der Waals surface area contributed by atoms with E-state index in [4.69, 9.17) is 0 Å². The second-order valence-corrected chi connectivity index (χ2v) is 6.43. The predicted octanol–water partition coefficient (Wildman–Crippen LogP) is 4.12. The predicted molar refractivity (Wildman–Crippen MR) is 86.5 cm³/mol. The van der Waals surface area contributed by atoms with Crippen LogP contribution < -0.4 is 0 Å². The minimum Gasteiger partial charge on any atom is -0.387 e. The van der Waals surface area contributed by atoms with Crippen LogP contribution in [0.15, 0.2) is 48.5 Å². The van der Waals surface area contributed by atoms with E-state index in [2.05, 4.69) is 0 Å². The van der Waals surface area contributed by atoms with Gasteiger partial charge in [-0.05, 0) is 24.6 Å². The molecule has 1 saturated heterocycles. The lowest BCUT2D eigenvalue weighted by Crippen LogP contribution is -2.48. The number of halogens is 4. The number of aliphatic hydroxyl groups is 1. The summed E-state index contributed by atoms with van der Waals surface area (Å²) >= 11 is 0. The van der Waals surface area contributed by atoms with Crippen LogP contribution in [0.25, 0.3) is 0 Å². The van der Waals surface area contributed by atoms with Gasteiger partial charge in [0.15, 0.2) is 0 Å². The molecule has 2 aromatic rings. The summed E-state index contributed by atoms with van der Waals surface area (Å²) in [7, 11) is 0. The molecule has 134 valence electrons. The van der Waals surface area contributed by atoms with Crippen molar-refractivity contribution >= 4 is 0 Å². The first kappa shape index (κ1) is 17.9. The Labute approximate surface area is 143 Å². The van der Waals surface area contributed by atoms with E-state index in [0.29, 0.717) is 18.2 Å². The maximum absolute atomic E-state index is 14.5. The van der Waals surface area contributed by atoms with E-state index in [1.807, 2.05) is 0 Å². The van der Waals surface area contributed by atoms with E-state index in [1.54, 1.807) is 30.3 Å². The Balaban J connectivity index is 1.68. The van der Waals surface area contributed by atoms with Gasteiger partial charge in [0.2, 0.25) is 0 Å². The van der Waals surface area contributed by atoms with Gasteiger partial charge in [-0.15, -0.1) is 0 Å². The van der Waals surface area contributed by atoms with Gasteiger partial charge in [-0.2, -0.15) is 0 Å². The standard InChI is InChI=1S/C19H19F4NO/c20-14-6-7-15(17(21)10-14)18(25)11-24-9-8-16(19(22,23)12-24)13-4-2-1-3-5-13/h1-7,10,16,18,25H,8-9,11-12H2/t16?,18-/m0/s1. The summed E-state index contributed by atoms with van der Waals surface area (Å²) in [6, 6.07) is 11.5. The first-order chi connectivity index (χ1) is 11.9. The third-order valence-electron chi connectivity index (χ3n) is 4.63. The molecule has 1 aliphatic rings. The molecule has 0 aromatic heterocycles. The first-order valence-corrected chi connectivity index (χ1v) is 8.15. The van der Waals surface area contributed by atoms with Crippen LogP contribution in [-0.4, -0.2) is 35.6 Å². The normalized spacial score (nSPS) is 21.9. The van der Waals surface area contributed by atoms with Crippen molar-refractivity contribution in [3.8, 4) is 0 Å². The smallest absolute Gasteiger partial charge is 0.267 e. The van der Waals surface area contributed by atoms with Crippen LogP contribution in [0.2, 0.25) is 0 Å². The highest BCUT2D eigenvalue weighted by Gasteiger charge is 2.45. The van der Waals surface area contributed by atoms with E-state index >= 15 is 0 Å². The van der Waals surface area contributed by atoms with Gasteiger partial charge in [-0.3, -0.25) is 4.90 Å². The fourth-order valence-electron chi connectivity index (χ4n) is 3.38. The second-order valence-electron chi connectivity index (χ2n) is 6.43. The lowest BCUT2D eigenvalue weighted by atomic mass is 9.86. The molecule has 6 heteroatoms. The number of nitrogens with zero attached hydrogens (tertiary/aromatic N) is 1. The van der Waals surface area contributed by atoms with Gasteiger partial charge in [-0.1, -0.05) is 36.4 Å². The van der Waals surface area contributed by atoms with Gasteiger partial charge in [0, 0.05) is 18.2 Å². The second kappa shape index (κ2) is 7.14. The first-order valence-electron chi connectivity index (χ1n) is 8.15. The largest absolute Gasteiger partial charge is 0.387 e. The van der Waals surface area contributed by atoms with E-state index < -0.39 is 36.1 Å². The number of benzene rings is 2. The van der Waals surface area contributed by atoms with E-state index in [1.165, 1.54) is 4.90 Å². The molecular formula is C19H19F4NO. The maximum Gasteiger partial charge on any atom is 0.267 e. The molecule has 2 nitrogen and oxygen atoms in total. The summed E-state index contributed by atoms with van der Waals surface area (Å²) in [6.07, 6.45) is -1.04. The number of rotatable bonds is 4. The van der Waals surface area contributed by atoms with Crippen molar-refractivity contribution in [2.75, 3.05) is 19.6 Å². The average Bonchev–Trinajstić information content (AvgIpc) is 2.54. The zero-order valence-electron chi connectivity index (χ0n) is 13.5. The monoisotopic (exact) mass is 353 g/mol. The Kier molecular flexibility index (Phi) is 5.11. The maximum atomic E-state index is 14.5. The molecule has 1 unspecified atom stereocenters. The number of likely N-dealkylation sites (tertiary alicyclic amines) is 1. The van der Waals surface area contributed by atoms with Crippen LogP contribution in [0.5, 0.6) is 0 Å². The number of β-amino-alcohol motifs (C(OH)–C–C–N with tert-alkyl or cyclic N) is 1. The molecule has 1 heterocycles. The summed E-state index contributed by atoms with van der Waals surface area (Å²) in [5, 5.41) is 10.1.